The molecule has 0 bridgehead atoms. The average molecular weight is 363 g/mol. The van der Waals surface area contributed by atoms with E-state index in [1.807, 2.05) is 19.1 Å². The van der Waals surface area contributed by atoms with E-state index in [0.717, 1.165) is 36.2 Å². The predicted octanol–water partition coefficient (Wildman–Crippen LogP) is 2.07. The Morgan fingerprint density at radius 1 is 1.16 bits per heavy atom. The van der Waals surface area contributed by atoms with E-state index in [1.54, 1.807) is 12.1 Å². The third kappa shape index (κ3) is 5.10. The van der Waals surface area contributed by atoms with Crippen LogP contribution in [-0.2, 0) is 21.2 Å². The van der Waals surface area contributed by atoms with Crippen molar-refractivity contribution in [1.29, 1.82) is 0 Å². The molecule has 0 radical (unpaired) electrons. The zero-order valence-corrected chi connectivity index (χ0v) is 14.2. The molecule has 132 valence electrons. The molecule has 0 aliphatic heterocycles. The highest BCUT2D eigenvalue weighted by Crippen LogP contribution is 2.15. The fourth-order valence-electron chi connectivity index (χ4n) is 2.07. The lowest BCUT2D eigenvalue weighted by molar-refractivity contribution is -0.384. The Kier molecular flexibility index (Phi) is 5.84. The van der Waals surface area contributed by atoms with Gasteiger partial charge in [-0.15, -0.1) is 0 Å². The van der Waals surface area contributed by atoms with Gasteiger partial charge >= 0.3 is 0 Å². The molecule has 8 nitrogen and oxygen atoms in total. The average Bonchev–Trinajstić information content (AvgIpc) is 2.60. The van der Waals surface area contributed by atoms with Crippen molar-refractivity contribution < 1.29 is 18.1 Å². The molecule has 0 atom stereocenters. The molecular weight excluding hydrogens is 346 g/mol. The number of nitrogens with one attached hydrogen (secondary N) is 2. The van der Waals surface area contributed by atoms with E-state index < -0.39 is 27.4 Å². The van der Waals surface area contributed by atoms with E-state index in [2.05, 4.69) is 10.0 Å². The largest absolute Gasteiger partial charge is 0.325 e. The van der Waals surface area contributed by atoms with E-state index in [-0.39, 0.29) is 10.6 Å². The zero-order valence-electron chi connectivity index (χ0n) is 13.4. The van der Waals surface area contributed by atoms with E-state index in [0.29, 0.717) is 5.69 Å². The van der Waals surface area contributed by atoms with Crippen LogP contribution < -0.4 is 10.0 Å². The topological polar surface area (TPSA) is 118 Å². The van der Waals surface area contributed by atoms with Crippen LogP contribution in [0.3, 0.4) is 0 Å². The molecule has 0 aromatic heterocycles. The molecule has 2 rings (SSSR count). The first-order chi connectivity index (χ1) is 11.8. The number of sulfonamides is 1. The van der Waals surface area contributed by atoms with Crippen LogP contribution >= 0.6 is 0 Å². The number of benzene rings is 2. The molecule has 0 heterocycles. The molecule has 0 fully saturated rings. The highest BCUT2D eigenvalue weighted by atomic mass is 32.2. The van der Waals surface area contributed by atoms with Crippen LogP contribution in [0, 0.1) is 10.1 Å². The van der Waals surface area contributed by atoms with Gasteiger partial charge in [0.25, 0.3) is 5.69 Å². The molecule has 0 unspecified atom stereocenters. The molecule has 9 heteroatoms. The van der Waals surface area contributed by atoms with Crippen molar-refractivity contribution in [3.63, 3.8) is 0 Å². The Bertz CT molecular complexity index is 879. The van der Waals surface area contributed by atoms with Crippen molar-refractivity contribution >= 4 is 27.3 Å². The van der Waals surface area contributed by atoms with Gasteiger partial charge in [-0.2, -0.15) is 0 Å². The van der Waals surface area contributed by atoms with Crippen LogP contribution in [0.25, 0.3) is 0 Å². The fourth-order valence-corrected chi connectivity index (χ4v) is 3.05. The zero-order chi connectivity index (χ0) is 18.4. The summed E-state index contributed by atoms with van der Waals surface area (Å²) in [5, 5.41) is 13.2. The Hall–Kier alpha value is -2.78. The first kappa shape index (κ1) is 18.6. The molecular formula is C16H17N3O5S. The SMILES string of the molecule is CCc1cccc(NC(=O)CNS(=O)(=O)c2ccc([N+](=O)[O-])cc2)c1. The molecule has 0 aliphatic rings. The Morgan fingerprint density at radius 2 is 1.84 bits per heavy atom. The molecule has 0 saturated heterocycles. The van der Waals surface area contributed by atoms with Crippen molar-refractivity contribution in [1.82, 2.24) is 4.72 Å². The maximum Gasteiger partial charge on any atom is 0.269 e. The number of nitro groups is 1. The van der Waals surface area contributed by atoms with Crippen LogP contribution in [0.2, 0.25) is 0 Å². The van der Waals surface area contributed by atoms with Gasteiger partial charge in [0, 0.05) is 17.8 Å². The number of nitrogens with zero attached hydrogens (tertiary/aromatic N) is 1. The maximum absolute atomic E-state index is 12.1. The number of amides is 1. The van der Waals surface area contributed by atoms with E-state index in [1.165, 1.54) is 0 Å². The van der Waals surface area contributed by atoms with Gasteiger partial charge in [-0.05, 0) is 36.2 Å². The van der Waals surface area contributed by atoms with Crippen LogP contribution in [0.5, 0.6) is 0 Å². The Labute approximate surface area is 145 Å². The third-order valence-electron chi connectivity index (χ3n) is 3.40. The summed E-state index contributed by atoms with van der Waals surface area (Å²) in [4.78, 5) is 21.7. The lowest BCUT2D eigenvalue weighted by Gasteiger charge is -2.08. The molecule has 1 amide bonds. The highest BCUT2D eigenvalue weighted by molar-refractivity contribution is 7.89. The minimum absolute atomic E-state index is 0.154. The molecule has 0 spiro atoms. The van der Waals surface area contributed by atoms with Crippen molar-refractivity contribution in [3.8, 4) is 0 Å². The standard InChI is InChI=1S/C16H17N3O5S/c1-2-12-4-3-5-13(10-12)18-16(20)11-17-25(23,24)15-8-6-14(7-9-15)19(21)22/h3-10,17H,2,11H2,1H3,(H,18,20). The second kappa shape index (κ2) is 7.86. The molecule has 2 aromatic rings. The smallest absolute Gasteiger partial charge is 0.269 e. The van der Waals surface area contributed by atoms with Gasteiger partial charge in [-0.1, -0.05) is 19.1 Å². The van der Waals surface area contributed by atoms with Crippen LogP contribution in [0.1, 0.15) is 12.5 Å². The highest BCUT2D eigenvalue weighted by Gasteiger charge is 2.17. The second-order valence-corrected chi connectivity index (χ2v) is 6.94. The molecule has 2 aromatic carbocycles. The van der Waals surface area contributed by atoms with Crippen LogP contribution in [0.15, 0.2) is 53.4 Å². The first-order valence-electron chi connectivity index (χ1n) is 7.44. The van der Waals surface area contributed by atoms with E-state index >= 15 is 0 Å². The fraction of sp³-hybridized carbons (Fsp3) is 0.188. The van der Waals surface area contributed by atoms with Crippen molar-refractivity contribution in [2.75, 3.05) is 11.9 Å². The van der Waals surface area contributed by atoms with Gasteiger partial charge in [0.2, 0.25) is 15.9 Å². The number of carbonyl (C=O) groups excluding carboxylic acids is 1. The summed E-state index contributed by atoms with van der Waals surface area (Å²) in [6, 6.07) is 11.6. The number of nitro benzene ring substituents is 1. The van der Waals surface area contributed by atoms with Gasteiger partial charge in [-0.25, -0.2) is 13.1 Å². The summed E-state index contributed by atoms with van der Waals surface area (Å²) < 4.78 is 26.4. The van der Waals surface area contributed by atoms with Crippen LogP contribution in [0.4, 0.5) is 11.4 Å². The number of non-ortho nitro benzene ring substituents is 1. The lowest BCUT2D eigenvalue weighted by atomic mass is 10.1. The maximum atomic E-state index is 12.1. The summed E-state index contributed by atoms with van der Waals surface area (Å²) >= 11 is 0. The summed E-state index contributed by atoms with van der Waals surface area (Å²) in [6.45, 7) is 1.54. The van der Waals surface area contributed by atoms with Crippen molar-refractivity contribution in [2.45, 2.75) is 18.2 Å². The molecule has 2 N–H and O–H groups in total. The van der Waals surface area contributed by atoms with Crippen molar-refractivity contribution in [3.05, 3.63) is 64.2 Å². The van der Waals surface area contributed by atoms with Gasteiger partial charge < -0.3 is 5.32 Å². The van der Waals surface area contributed by atoms with Gasteiger partial charge in [0.15, 0.2) is 0 Å². The number of carbonyl (C=O) groups is 1. The first-order valence-corrected chi connectivity index (χ1v) is 8.93. The summed E-state index contributed by atoms with van der Waals surface area (Å²) in [6.07, 6.45) is 0.816. The van der Waals surface area contributed by atoms with Crippen molar-refractivity contribution in [2.24, 2.45) is 0 Å². The number of hydrogen-bond acceptors (Lipinski definition) is 5. The second-order valence-electron chi connectivity index (χ2n) is 5.18. The Balaban J connectivity index is 1.98. The summed E-state index contributed by atoms with van der Waals surface area (Å²) in [5.41, 5.74) is 1.41. The van der Waals surface area contributed by atoms with Crippen LogP contribution in [-0.4, -0.2) is 25.8 Å². The number of hydrogen-bond donors (Lipinski definition) is 2. The molecule has 25 heavy (non-hydrogen) atoms. The minimum Gasteiger partial charge on any atom is -0.325 e. The van der Waals surface area contributed by atoms with Gasteiger partial charge in [0.1, 0.15) is 0 Å². The summed E-state index contributed by atoms with van der Waals surface area (Å²) in [7, 11) is -3.94. The lowest BCUT2D eigenvalue weighted by Crippen LogP contribution is -2.32. The molecule has 0 saturated carbocycles. The number of anilines is 1. The normalized spacial score (nSPS) is 11.1. The quantitative estimate of drug-likeness (QED) is 0.577. The van der Waals surface area contributed by atoms with Gasteiger partial charge in [-0.3, -0.25) is 14.9 Å². The van der Waals surface area contributed by atoms with E-state index in [4.69, 9.17) is 0 Å². The van der Waals surface area contributed by atoms with E-state index in [9.17, 15) is 23.3 Å². The minimum atomic E-state index is -3.94. The number of aryl methyl sites for hydroxylation is 1. The number of rotatable bonds is 7. The van der Waals surface area contributed by atoms with Gasteiger partial charge in [0.05, 0.1) is 16.4 Å². The monoisotopic (exact) mass is 363 g/mol. The summed E-state index contributed by atoms with van der Waals surface area (Å²) in [5.74, 6) is -0.515. The molecule has 0 aliphatic carbocycles. The third-order valence-corrected chi connectivity index (χ3v) is 4.82. The Morgan fingerprint density at radius 3 is 2.44 bits per heavy atom. The predicted molar refractivity (Wildman–Crippen MR) is 92.7 cm³/mol.